The van der Waals surface area contributed by atoms with Crippen LogP contribution in [0.2, 0.25) is 5.02 Å². The first-order valence-corrected chi connectivity index (χ1v) is 6.32. The molecule has 2 heteroatoms. The van der Waals surface area contributed by atoms with Crippen LogP contribution >= 0.6 is 11.6 Å². The maximum atomic E-state index is 6.31. The fourth-order valence-corrected chi connectivity index (χ4v) is 2.44. The minimum atomic E-state index is 0.795. The van der Waals surface area contributed by atoms with E-state index in [1.807, 2.05) is 30.5 Å². The van der Waals surface area contributed by atoms with Gasteiger partial charge in [0.2, 0.25) is 0 Å². The number of nitrogens with zero attached hydrogens (tertiary/aromatic N) is 1. The van der Waals surface area contributed by atoms with Crippen LogP contribution in [0, 0.1) is 0 Å². The van der Waals surface area contributed by atoms with Gasteiger partial charge in [0.25, 0.3) is 0 Å². The fraction of sp³-hybridized carbons (Fsp3) is 0.0625. The molecule has 0 saturated heterocycles. The summed E-state index contributed by atoms with van der Waals surface area (Å²) in [4.78, 5) is 0. The van der Waals surface area contributed by atoms with Crippen LogP contribution in [-0.4, -0.2) is 0 Å². The van der Waals surface area contributed by atoms with Gasteiger partial charge in [0.1, 0.15) is 5.02 Å². The Morgan fingerprint density at radius 2 is 1.56 bits per heavy atom. The van der Waals surface area contributed by atoms with E-state index in [4.69, 9.17) is 11.6 Å². The van der Waals surface area contributed by atoms with Crippen molar-refractivity contribution in [2.45, 2.75) is 6.54 Å². The first-order valence-electron chi connectivity index (χ1n) is 5.94. The van der Waals surface area contributed by atoms with E-state index in [1.165, 1.54) is 10.9 Å². The second kappa shape index (κ2) is 4.79. The molecule has 0 fully saturated rings. The minimum absolute atomic E-state index is 0.795. The summed E-state index contributed by atoms with van der Waals surface area (Å²) in [5, 5.41) is 3.06. The van der Waals surface area contributed by atoms with Crippen molar-refractivity contribution in [3.8, 4) is 0 Å². The normalized spacial score (nSPS) is 10.7. The van der Waals surface area contributed by atoms with Crippen LogP contribution in [0.15, 0.2) is 67.0 Å². The van der Waals surface area contributed by atoms with Gasteiger partial charge in [0.05, 0.1) is 0 Å². The van der Waals surface area contributed by atoms with Gasteiger partial charge in [-0.3, -0.25) is 0 Å². The molecule has 3 aromatic rings. The van der Waals surface area contributed by atoms with E-state index in [2.05, 4.69) is 41.1 Å². The van der Waals surface area contributed by atoms with Gasteiger partial charge in [-0.2, -0.15) is 4.57 Å². The molecule has 0 aliphatic carbocycles. The molecule has 0 spiro atoms. The zero-order valence-corrected chi connectivity index (χ0v) is 10.6. The molecule has 0 N–H and O–H groups in total. The van der Waals surface area contributed by atoms with E-state index in [0.717, 1.165) is 17.0 Å². The molecule has 0 aliphatic heterocycles. The highest BCUT2D eigenvalue weighted by molar-refractivity contribution is 6.35. The third-order valence-electron chi connectivity index (χ3n) is 3.01. The van der Waals surface area contributed by atoms with E-state index in [9.17, 15) is 0 Å². The van der Waals surface area contributed by atoms with Gasteiger partial charge in [-0.05, 0) is 6.07 Å². The van der Waals surface area contributed by atoms with Gasteiger partial charge in [-0.1, -0.05) is 60.1 Å². The molecule has 1 aromatic heterocycles. The van der Waals surface area contributed by atoms with Gasteiger partial charge >= 0.3 is 0 Å². The maximum Gasteiger partial charge on any atom is 0.188 e. The zero-order chi connectivity index (χ0) is 12.4. The molecule has 0 bridgehead atoms. The molecule has 3 rings (SSSR count). The molecule has 0 unspecified atom stereocenters. The molecule has 0 saturated carbocycles. The Morgan fingerprint density at radius 1 is 0.833 bits per heavy atom. The third kappa shape index (κ3) is 2.22. The van der Waals surface area contributed by atoms with Crippen molar-refractivity contribution in [2.75, 3.05) is 0 Å². The van der Waals surface area contributed by atoms with Gasteiger partial charge < -0.3 is 0 Å². The van der Waals surface area contributed by atoms with Gasteiger partial charge in [-0.25, -0.2) is 0 Å². The molecule has 0 atom stereocenters. The molecule has 1 heterocycles. The Labute approximate surface area is 111 Å². The number of hydrogen-bond donors (Lipinski definition) is 0. The molecule has 18 heavy (non-hydrogen) atoms. The Morgan fingerprint density at radius 3 is 2.39 bits per heavy atom. The number of aromatic nitrogens is 1. The van der Waals surface area contributed by atoms with E-state index in [1.54, 1.807) is 0 Å². The average molecular weight is 255 g/mol. The first kappa shape index (κ1) is 11.2. The van der Waals surface area contributed by atoms with Crippen LogP contribution < -0.4 is 4.57 Å². The molecule has 2 aromatic carbocycles. The lowest BCUT2D eigenvalue weighted by atomic mass is 10.1. The monoisotopic (exact) mass is 254 g/mol. The first-order chi connectivity index (χ1) is 8.83. The molecule has 0 aliphatic rings. The maximum absolute atomic E-state index is 6.31. The Hall–Kier alpha value is -1.86. The van der Waals surface area contributed by atoms with Crippen molar-refractivity contribution in [3.05, 3.63) is 77.6 Å². The highest BCUT2D eigenvalue weighted by Gasteiger charge is 2.08. The highest BCUT2D eigenvalue weighted by Crippen LogP contribution is 2.20. The van der Waals surface area contributed by atoms with Crippen LogP contribution in [0.5, 0.6) is 0 Å². The van der Waals surface area contributed by atoms with Gasteiger partial charge in [-0.15, -0.1) is 0 Å². The van der Waals surface area contributed by atoms with Crippen molar-refractivity contribution in [3.63, 3.8) is 0 Å². The number of rotatable bonds is 2. The smallest absolute Gasteiger partial charge is 0.188 e. The second-order valence-electron chi connectivity index (χ2n) is 4.35. The van der Waals surface area contributed by atoms with E-state index >= 15 is 0 Å². The predicted molar refractivity (Wildman–Crippen MR) is 74.7 cm³/mol. The summed E-state index contributed by atoms with van der Waals surface area (Å²) in [6.45, 7) is 0.839. The average Bonchev–Trinajstić information content (AvgIpc) is 2.40. The number of halogens is 1. The highest BCUT2D eigenvalue weighted by atomic mass is 35.5. The van der Waals surface area contributed by atoms with Crippen LogP contribution in [-0.2, 0) is 6.54 Å². The Kier molecular flexibility index (Phi) is 2.99. The van der Waals surface area contributed by atoms with Crippen LogP contribution in [0.1, 0.15) is 5.56 Å². The van der Waals surface area contributed by atoms with Crippen molar-refractivity contribution < 1.29 is 4.57 Å². The minimum Gasteiger partial charge on any atom is -0.199 e. The summed E-state index contributed by atoms with van der Waals surface area (Å²) in [6.07, 6.45) is 4.12. The number of fused-ring (bicyclic) bond motifs is 1. The topological polar surface area (TPSA) is 3.88 Å². The largest absolute Gasteiger partial charge is 0.199 e. The van der Waals surface area contributed by atoms with Crippen molar-refractivity contribution in [1.29, 1.82) is 0 Å². The van der Waals surface area contributed by atoms with E-state index in [0.29, 0.717) is 0 Å². The van der Waals surface area contributed by atoms with Crippen molar-refractivity contribution in [2.24, 2.45) is 0 Å². The van der Waals surface area contributed by atoms with Gasteiger partial charge in [0, 0.05) is 16.3 Å². The van der Waals surface area contributed by atoms with Gasteiger partial charge in [0.15, 0.2) is 18.9 Å². The summed E-state index contributed by atoms with van der Waals surface area (Å²) in [7, 11) is 0. The SMILES string of the molecule is Clc1c[n+](Cc2ccccc2)cc2ccccc12. The molecular weight excluding hydrogens is 242 g/mol. The summed E-state index contributed by atoms with van der Waals surface area (Å²) >= 11 is 6.31. The van der Waals surface area contributed by atoms with Crippen LogP contribution in [0.25, 0.3) is 10.8 Å². The number of pyridine rings is 1. The lowest BCUT2D eigenvalue weighted by Gasteiger charge is -2.01. The Bertz CT molecular complexity index is 677. The van der Waals surface area contributed by atoms with Crippen molar-refractivity contribution >= 4 is 22.4 Å². The zero-order valence-electron chi connectivity index (χ0n) is 9.88. The Balaban J connectivity index is 2.03. The summed E-state index contributed by atoms with van der Waals surface area (Å²) in [5.74, 6) is 0. The second-order valence-corrected chi connectivity index (χ2v) is 4.76. The summed E-state index contributed by atoms with van der Waals surface area (Å²) in [5.41, 5.74) is 1.27. The molecular formula is C16H13ClN+. The lowest BCUT2D eigenvalue weighted by Crippen LogP contribution is -2.33. The van der Waals surface area contributed by atoms with Crippen LogP contribution in [0.3, 0.4) is 0 Å². The van der Waals surface area contributed by atoms with Crippen LogP contribution in [0.4, 0.5) is 0 Å². The summed E-state index contributed by atoms with van der Waals surface area (Å²) in [6, 6.07) is 18.6. The summed E-state index contributed by atoms with van der Waals surface area (Å²) < 4.78 is 2.12. The molecule has 0 radical (unpaired) electrons. The quantitative estimate of drug-likeness (QED) is 0.612. The number of benzene rings is 2. The van der Waals surface area contributed by atoms with E-state index < -0.39 is 0 Å². The van der Waals surface area contributed by atoms with Crippen molar-refractivity contribution in [1.82, 2.24) is 0 Å². The third-order valence-corrected chi connectivity index (χ3v) is 3.31. The fourth-order valence-electron chi connectivity index (χ4n) is 2.14. The number of hydrogen-bond acceptors (Lipinski definition) is 0. The molecule has 88 valence electrons. The molecule has 1 nitrogen and oxygen atoms in total. The molecule has 0 amide bonds. The lowest BCUT2D eigenvalue weighted by molar-refractivity contribution is -0.686. The standard InChI is InChI=1S/C16H13ClN/c17-16-12-18(10-13-6-2-1-3-7-13)11-14-8-4-5-9-15(14)16/h1-9,11-12H,10H2/q+1. The van der Waals surface area contributed by atoms with E-state index in [-0.39, 0.29) is 0 Å². The predicted octanol–water partition coefficient (Wildman–Crippen LogP) is 3.83.